The van der Waals surface area contributed by atoms with Crippen LogP contribution < -0.4 is 4.52 Å². The van der Waals surface area contributed by atoms with Gasteiger partial charge in [-0.15, -0.1) is 9.34 Å². The summed E-state index contributed by atoms with van der Waals surface area (Å²) >= 11 is 0. The predicted octanol–water partition coefficient (Wildman–Crippen LogP) is 4.14. The summed E-state index contributed by atoms with van der Waals surface area (Å²) in [6, 6.07) is 10.2. The molecule has 0 unspecified atom stereocenters. The van der Waals surface area contributed by atoms with Gasteiger partial charge in [0.05, 0.1) is 0 Å². The Balaban J connectivity index is 3.03. The van der Waals surface area contributed by atoms with Crippen LogP contribution in [-0.2, 0) is 0 Å². The molecule has 0 fully saturated rings. The minimum Gasteiger partial charge on any atom is -0.313 e. The first kappa shape index (κ1) is 16.4. The fourth-order valence-electron chi connectivity index (χ4n) is 2.47. The van der Waals surface area contributed by atoms with Gasteiger partial charge in [0.15, 0.2) is 5.75 Å². The smallest absolute Gasteiger partial charge is 0.313 e. The van der Waals surface area contributed by atoms with Crippen LogP contribution in [0.1, 0.15) is 27.7 Å². The summed E-state index contributed by atoms with van der Waals surface area (Å²) in [5, 5.41) is 0. The summed E-state index contributed by atoms with van der Waals surface area (Å²) in [6.07, 6.45) is 0. The van der Waals surface area contributed by atoms with Crippen LogP contribution in [0.5, 0.6) is 5.75 Å². The molecular weight excluding hydrogens is 255 g/mol. The molecule has 4 heteroatoms. The van der Waals surface area contributed by atoms with Gasteiger partial charge >= 0.3 is 7.79 Å². The Bertz CT molecular complexity index is 338. The molecule has 0 bridgehead atoms. The highest BCUT2D eigenvalue weighted by Crippen LogP contribution is 2.61. The average Bonchev–Trinajstić information content (AvgIpc) is 2.42. The number of rotatable bonds is 8. The molecule has 0 spiro atoms. The van der Waals surface area contributed by atoms with Gasteiger partial charge in [-0.1, -0.05) is 18.2 Å². The zero-order valence-corrected chi connectivity index (χ0v) is 13.9. The minimum atomic E-state index is -1.74. The molecule has 0 amide bonds. The van der Waals surface area contributed by atoms with Crippen molar-refractivity contribution in [3.63, 3.8) is 0 Å². The summed E-state index contributed by atoms with van der Waals surface area (Å²) in [6.45, 7) is 15.2. The first-order valence-electron chi connectivity index (χ1n) is 7.24. The molecule has 0 aliphatic carbocycles. The summed E-state index contributed by atoms with van der Waals surface area (Å²) in [7, 11) is -1.74. The van der Waals surface area contributed by atoms with Gasteiger partial charge in [-0.25, -0.2) is 0 Å². The molecule has 0 saturated heterocycles. The maximum absolute atomic E-state index is 6.45. The van der Waals surface area contributed by atoms with Gasteiger partial charge in [0.1, 0.15) is 6.66 Å². The maximum atomic E-state index is 6.45. The van der Waals surface area contributed by atoms with E-state index in [2.05, 4.69) is 43.7 Å². The van der Waals surface area contributed by atoms with Crippen LogP contribution in [0.3, 0.4) is 0 Å². The Morgan fingerprint density at radius 2 is 1.26 bits per heavy atom. The third-order valence-electron chi connectivity index (χ3n) is 3.53. The fraction of sp³-hybridized carbons (Fsp3) is 0.600. The number of benzene rings is 1. The second kappa shape index (κ2) is 7.84. The van der Waals surface area contributed by atoms with Gasteiger partial charge in [-0.3, -0.25) is 0 Å². The molecule has 0 atom stereocenters. The maximum Gasteiger partial charge on any atom is 0.334 e. The number of hydrogen-bond donors (Lipinski definition) is 0. The summed E-state index contributed by atoms with van der Waals surface area (Å²) < 4.78 is 11.4. The summed E-state index contributed by atoms with van der Waals surface area (Å²) in [4.78, 5) is 0. The molecule has 19 heavy (non-hydrogen) atoms. The van der Waals surface area contributed by atoms with Gasteiger partial charge in [-0.05, 0) is 39.8 Å². The van der Waals surface area contributed by atoms with Crippen LogP contribution in [0.2, 0.25) is 0 Å². The molecule has 0 aliphatic heterocycles. The zero-order valence-electron chi connectivity index (χ0n) is 13.0. The molecule has 0 heterocycles. The second-order valence-corrected chi connectivity index (χ2v) is 7.50. The first-order chi connectivity index (χ1) is 9.12. The lowest BCUT2D eigenvalue weighted by Crippen LogP contribution is -2.38. The Morgan fingerprint density at radius 1 is 0.842 bits per heavy atom. The molecule has 108 valence electrons. The highest BCUT2D eigenvalue weighted by Gasteiger charge is 2.47. The summed E-state index contributed by atoms with van der Waals surface area (Å²) in [5.74, 6) is 0.970. The minimum absolute atomic E-state index is 0.970. The lowest BCUT2D eigenvalue weighted by molar-refractivity contribution is 0.341. The molecular formula is C15H28N2OP+. The van der Waals surface area contributed by atoms with Gasteiger partial charge in [-0.2, -0.15) is 0 Å². The Labute approximate surface area is 119 Å². The van der Waals surface area contributed by atoms with Crippen LogP contribution in [-0.4, -0.2) is 42.2 Å². The Kier molecular flexibility index (Phi) is 6.78. The van der Waals surface area contributed by atoms with Gasteiger partial charge in [0, 0.05) is 26.2 Å². The van der Waals surface area contributed by atoms with E-state index in [1.54, 1.807) is 0 Å². The van der Waals surface area contributed by atoms with Crippen molar-refractivity contribution in [2.24, 2.45) is 0 Å². The monoisotopic (exact) mass is 283 g/mol. The third-order valence-corrected chi connectivity index (χ3v) is 7.32. The van der Waals surface area contributed by atoms with Crippen molar-refractivity contribution in [3.05, 3.63) is 30.3 Å². The SMILES string of the molecule is CCN(CC)[P+](C)(Oc1ccccc1)N(CC)CC. The van der Waals surface area contributed by atoms with Gasteiger partial charge in [0.25, 0.3) is 0 Å². The van der Waals surface area contributed by atoms with Crippen molar-refractivity contribution in [1.29, 1.82) is 0 Å². The van der Waals surface area contributed by atoms with Crippen molar-refractivity contribution in [2.45, 2.75) is 27.7 Å². The number of para-hydroxylation sites is 1. The van der Waals surface area contributed by atoms with E-state index < -0.39 is 7.79 Å². The zero-order chi connectivity index (χ0) is 14.3. The molecule has 0 aromatic heterocycles. The van der Waals surface area contributed by atoms with Crippen molar-refractivity contribution in [3.8, 4) is 5.75 Å². The second-order valence-electron chi connectivity index (χ2n) is 4.52. The molecule has 1 rings (SSSR count). The molecule has 0 saturated carbocycles. The number of nitrogens with zero attached hydrogens (tertiary/aromatic N) is 2. The molecule has 1 aromatic rings. The third kappa shape index (κ3) is 3.92. The predicted molar refractivity (Wildman–Crippen MR) is 85.8 cm³/mol. The lowest BCUT2D eigenvalue weighted by Gasteiger charge is -2.37. The molecule has 1 aromatic carbocycles. The normalized spacial score (nSPS) is 12.2. The van der Waals surface area contributed by atoms with Crippen molar-refractivity contribution >= 4 is 7.79 Å². The van der Waals surface area contributed by atoms with Crippen molar-refractivity contribution in [2.75, 3.05) is 32.8 Å². The molecule has 0 radical (unpaired) electrons. The van der Waals surface area contributed by atoms with E-state index in [-0.39, 0.29) is 0 Å². The average molecular weight is 283 g/mol. The lowest BCUT2D eigenvalue weighted by atomic mass is 10.3. The van der Waals surface area contributed by atoms with E-state index in [0.29, 0.717) is 0 Å². The van der Waals surface area contributed by atoms with Gasteiger partial charge in [0.2, 0.25) is 0 Å². The highest BCUT2D eigenvalue weighted by molar-refractivity contribution is 7.66. The first-order valence-corrected chi connectivity index (χ1v) is 9.30. The van der Waals surface area contributed by atoms with E-state index in [1.807, 2.05) is 30.3 Å². The van der Waals surface area contributed by atoms with Crippen LogP contribution >= 0.6 is 7.79 Å². The Morgan fingerprint density at radius 3 is 1.63 bits per heavy atom. The fourth-order valence-corrected chi connectivity index (χ4v) is 5.68. The van der Waals surface area contributed by atoms with E-state index in [4.69, 9.17) is 4.52 Å². The number of hydrogen-bond acceptors (Lipinski definition) is 3. The van der Waals surface area contributed by atoms with Crippen LogP contribution in [0.25, 0.3) is 0 Å². The molecule has 0 aliphatic rings. The van der Waals surface area contributed by atoms with E-state index in [1.165, 1.54) is 0 Å². The largest absolute Gasteiger partial charge is 0.334 e. The van der Waals surface area contributed by atoms with Crippen LogP contribution in [0.4, 0.5) is 0 Å². The standard InChI is InChI=1S/C15H28N2OP/c1-6-16(7-2)19(5,17(8-3)9-4)18-15-13-11-10-12-14-15/h10-14H,6-9H2,1-5H3/q+1. The quantitative estimate of drug-likeness (QED) is 0.667. The van der Waals surface area contributed by atoms with E-state index in [0.717, 1.165) is 31.9 Å². The van der Waals surface area contributed by atoms with Crippen molar-refractivity contribution < 1.29 is 4.52 Å². The van der Waals surface area contributed by atoms with E-state index >= 15 is 0 Å². The topological polar surface area (TPSA) is 15.7 Å². The Hall–Kier alpha value is -0.630. The summed E-state index contributed by atoms with van der Waals surface area (Å²) in [5.41, 5.74) is 0. The molecule has 3 nitrogen and oxygen atoms in total. The highest BCUT2D eigenvalue weighted by atomic mass is 31.2. The van der Waals surface area contributed by atoms with Crippen LogP contribution in [0.15, 0.2) is 30.3 Å². The van der Waals surface area contributed by atoms with Gasteiger partial charge < -0.3 is 4.52 Å². The molecule has 0 N–H and O–H groups in total. The van der Waals surface area contributed by atoms with Crippen molar-refractivity contribution in [1.82, 2.24) is 9.34 Å². The van der Waals surface area contributed by atoms with Crippen LogP contribution in [0, 0.1) is 0 Å². The van der Waals surface area contributed by atoms with E-state index in [9.17, 15) is 0 Å².